The van der Waals surface area contributed by atoms with Crippen LogP contribution in [0.5, 0.6) is 5.75 Å². The third-order valence-electron chi connectivity index (χ3n) is 4.27. The highest BCUT2D eigenvalue weighted by Gasteiger charge is 2.41. The van der Waals surface area contributed by atoms with Crippen LogP contribution >= 0.6 is 0 Å². The molecule has 1 aliphatic rings. The zero-order valence-electron chi connectivity index (χ0n) is 14.0. The first-order chi connectivity index (χ1) is 12.8. The van der Waals surface area contributed by atoms with Gasteiger partial charge in [-0.15, -0.1) is 0 Å². The van der Waals surface area contributed by atoms with E-state index in [9.17, 15) is 27.9 Å². The largest absolute Gasteiger partial charge is 0.491 e. The van der Waals surface area contributed by atoms with Crippen LogP contribution in [-0.4, -0.2) is 34.8 Å². The Morgan fingerprint density at radius 3 is 2.78 bits per heavy atom. The summed E-state index contributed by atoms with van der Waals surface area (Å²) in [7, 11) is 0. The number of nitrogens with one attached hydrogen (secondary N) is 2. The van der Waals surface area contributed by atoms with Crippen LogP contribution in [0, 0.1) is 0 Å². The topological polar surface area (TPSA) is 91.4 Å². The number of rotatable bonds is 5. The van der Waals surface area contributed by atoms with E-state index in [1.54, 1.807) is 0 Å². The Morgan fingerprint density at radius 2 is 2.11 bits per heavy atom. The van der Waals surface area contributed by atoms with Gasteiger partial charge in [-0.2, -0.15) is 13.2 Å². The molecular formula is C18H17F3N2O4. The van der Waals surface area contributed by atoms with Crippen LogP contribution in [-0.2, 0) is 4.79 Å². The first kappa shape index (κ1) is 19.1. The van der Waals surface area contributed by atoms with Crippen molar-refractivity contribution < 1.29 is 27.8 Å². The molecule has 0 unspecified atom stereocenters. The molecular weight excluding hydrogens is 365 g/mol. The third-order valence-corrected chi connectivity index (χ3v) is 4.27. The number of carbonyl (C=O) groups is 1. The summed E-state index contributed by atoms with van der Waals surface area (Å²) in [5.41, 5.74) is -0.271. The molecule has 0 aliphatic heterocycles. The molecule has 27 heavy (non-hydrogen) atoms. The van der Waals surface area contributed by atoms with Crippen molar-refractivity contribution in [1.82, 2.24) is 10.3 Å². The SMILES string of the molecule is O=C(Oc1ccc([C@@H](O)CN[C@@H]2C=CCC2)c2ccc(=O)[nH]c12)C(F)(F)F. The van der Waals surface area contributed by atoms with E-state index in [1.807, 2.05) is 12.2 Å². The zero-order chi connectivity index (χ0) is 19.6. The number of H-pyrrole nitrogens is 1. The molecule has 3 N–H and O–H groups in total. The summed E-state index contributed by atoms with van der Waals surface area (Å²) >= 11 is 0. The van der Waals surface area contributed by atoms with Crippen molar-refractivity contribution in [2.45, 2.75) is 31.2 Å². The molecule has 1 aromatic heterocycles. The van der Waals surface area contributed by atoms with Gasteiger partial charge in [-0.25, -0.2) is 4.79 Å². The molecule has 0 fully saturated rings. The maximum Gasteiger partial charge on any atom is 0.491 e. The van der Waals surface area contributed by atoms with Crippen molar-refractivity contribution in [3.8, 4) is 5.75 Å². The summed E-state index contributed by atoms with van der Waals surface area (Å²) in [4.78, 5) is 25.1. The number of benzene rings is 1. The van der Waals surface area contributed by atoms with Gasteiger partial charge in [0.15, 0.2) is 5.75 Å². The Morgan fingerprint density at radius 1 is 1.33 bits per heavy atom. The molecule has 0 saturated heterocycles. The van der Waals surface area contributed by atoms with Crippen molar-refractivity contribution in [2.24, 2.45) is 0 Å². The lowest BCUT2D eigenvalue weighted by molar-refractivity contribution is -0.189. The molecule has 144 valence electrons. The highest BCUT2D eigenvalue weighted by molar-refractivity contribution is 5.90. The molecule has 0 spiro atoms. The Bertz CT molecular complexity index is 936. The molecule has 2 aromatic rings. The van der Waals surface area contributed by atoms with Gasteiger partial charge < -0.3 is 20.1 Å². The fraction of sp³-hybridized carbons (Fsp3) is 0.333. The quantitative estimate of drug-likeness (QED) is 0.420. The van der Waals surface area contributed by atoms with Gasteiger partial charge in [0.05, 0.1) is 11.6 Å². The number of aliphatic hydroxyl groups excluding tert-OH is 1. The maximum atomic E-state index is 12.5. The van der Waals surface area contributed by atoms with Crippen LogP contribution < -0.4 is 15.6 Å². The van der Waals surface area contributed by atoms with E-state index in [2.05, 4.69) is 15.0 Å². The second kappa shape index (κ2) is 7.53. The highest BCUT2D eigenvalue weighted by Crippen LogP contribution is 2.31. The third kappa shape index (κ3) is 4.37. The number of ether oxygens (including phenoxy) is 1. The minimum atomic E-state index is -5.17. The number of aromatic amines is 1. The molecule has 2 atom stereocenters. The average Bonchev–Trinajstić information content (AvgIpc) is 3.12. The zero-order valence-corrected chi connectivity index (χ0v) is 14.0. The predicted molar refractivity (Wildman–Crippen MR) is 91.4 cm³/mol. The molecule has 1 aliphatic carbocycles. The molecule has 0 amide bonds. The molecule has 0 bridgehead atoms. The number of allylic oxidation sites excluding steroid dienone is 1. The number of aromatic nitrogens is 1. The van der Waals surface area contributed by atoms with Crippen molar-refractivity contribution in [1.29, 1.82) is 0 Å². The Hall–Kier alpha value is -2.65. The number of pyridine rings is 1. The number of esters is 1. The lowest BCUT2D eigenvalue weighted by Gasteiger charge is -2.18. The van der Waals surface area contributed by atoms with Gasteiger partial charge in [-0.05, 0) is 30.5 Å². The second-order valence-corrected chi connectivity index (χ2v) is 6.19. The molecule has 0 saturated carbocycles. The minimum Gasteiger partial charge on any atom is -0.418 e. The normalized spacial score (nSPS) is 18.0. The number of fused-ring (bicyclic) bond motifs is 1. The smallest absolute Gasteiger partial charge is 0.418 e. The molecule has 9 heteroatoms. The van der Waals surface area contributed by atoms with Gasteiger partial charge in [-0.3, -0.25) is 4.79 Å². The summed E-state index contributed by atoms with van der Waals surface area (Å²) < 4.78 is 41.8. The number of alkyl halides is 3. The van der Waals surface area contributed by atoms with E-state index < -0.39 is 29.6 Å². The van der Waals surface area contributed by atoms with Gasteiger partial charge in [-0.1, -0.05) is 18.2 Å². The van der Waals surface area contributed by atoms with E-state index in [1.165, 1.54) is 18.2 Å². The number of halogens is 3. The second-order valence-electron chi connectivity index (χ2n) is 6.19. The van der Waals surface area contributed by atoms with Crippen molar-refractivity contribution >= 4 is 16.9 Å². The summed E-state index contributed by atoms with van der Waals surface area (Å²) in [6.45, 7) is 0.213. The molecule has 3 rings (SSSR count). The summed E-state index contributed by atoms with van der Waals surface area (Å²) in [5, 5.41) is 14.0. The average molecular weight is 382 g/mol. The van der Waals surface area contributed by atoms with Gasteiger partial charge in [0, 0.05) is 24.0 Å². The van der Waals surface area contributed by atoms with Gasteiger partial charge in [0.2, 0.25) is 5.56 Å². The minimum absolute atomic E-state index is 0.0857. The van der Waals surface area contributed by atoms with E-state index in [0.29, 0.717) is 10.9 Å². The van der Waals surface area contributed by atoms with Gasteiger partial charge in [0.25, 0.3) is 0 Å². The van der Waals surface area contributed by atoms with Crippen molar-refractivity contribution in [2.75, 3.05) is 6.54 Å². The maximum absolute atomic E-state index is 12.5. The van der Waals surface area contributed by atoms with E-state index in [-0.39, 0.29) is 18.1 Å². The first-order valence-corrected chi connectivity index (χ1v) is 8.29. The number of carbonyl (C=O) groups excluding carboxylic acids is 1. The first-order valence-electron chi connectivity index (χ1n) is 8.29. The summed E-state index contributed by atoms with van der Waals surface area (Å²) in [6.07, 6.45) is -0.224. The fourth-order valence-corrected chi connectivity index (χ4v) is 2.96. The fourth-order valence-electron chi connectivity index (χ4n) is 2.96. The Balaban J connectivity index is 1.91. The van der Waals surface area contributed by atoms with Crippen LogP contribution in [0.4, 0.5) is 13.2 Å². The van der Waals surface area contributed by atoms with E-state index >= 15 is 0 Å². The van der Waals surface area contributed by atoms with Crippen LogP contribution in [0.1, 0.15) is 24.5 Å². The molecule has 1 aromatic carbocycles. The summed E-state index contributed by atoms with van der Waals surface area (Å²) in [6, 6.07) is 5.19. The van der Waals surface area contributed by atoms with Crippen LogP contribution in [0.2, 0.25) is 0 Å². The van der Waals surface area contributed by atoms with Crippen molar-refractivity contribution in [3.05, 3.63) is 52.3 Å². The van der Waals surface area contributed by atoms with Crippen LogP contribution in [0.15, 0.2) is 41.2 Å². The lowest BCUT2D eigenvalue weighted by Crippen LogP contribution is -2.30. The van der Waals surface area contributed by atoms with Crippen LogP contribution in [0.25, 0.3) is 10.9 Å². The van der Waals surface area contributed by atoms with Crippen molar-refractivity contribution in [3.63, 3.8) is 0 Å². The monoisotopic (exact) mass is 382 g/mol. The van der Waals surface area contributed by atoms with Gasteiger partial charge >= 0.3 is 12.1 Å². The lowest BCUT2D eigenvalue weighted by atomic mass is 10.0. The highest BCUT2D eigenvalue weighted by atomic mass is 19.4. The molecule has 6 nitrogen and oxygen atoms in total. The number of hydrogen-bond acceptors (Lipinski definition) is 5. The predicted octanol–water partition coefficient (Wildman–Crippen LogP) is 2.34. The van der Waals surface area contributed by atoms with Gasteiger partial charge in [0.1, 0.15) is 0 Å². The molecule has 1 heterocycles. The number of aliphatic hydroxyl groups is 1. The van der Waals surface area contributed by atoms with E-state index in [4.69, 9.17) is 0 Å². The summed E-state index contributed by atoms with van der Waals surface area (Å²) in [5.74, 6) is -2.83. The Kier molecular flexibility index (Phi) is 5.33. The molecule has 0 radical (unpaired) electrons. The standard InChI is InChI=1S/C18H17F3N2O4/c19-18(20,21)17(26)27-14-7-5-11(12-6-8-15(25)23-16(12)14)13(24)9-22-10-3-1-2-4-10/h1,3,5-8,10,13,22,24H,2,4,9H2,(H,23,25)/t10-,13+/m1/s1. The number of hydrogen-bond donors (Lipinski definition) is 3. The Labute approximate surface area is 151 Å². The van der Waals surface area contributed by atoms with E-state index in [0.717, 1.165) is 18.9 Å². The van der Waals surface area contributed by atoms with Crippen LogP contribution in [0.3, 0.4) is 0 Å².